The molecule has 0 spiro atoms. The third-order valence-electron chi connectivity index (χ3n) is 3.49. The molecule has 1 aromatic carbocycles. The fourth-order valence-electron chi connectivity index (χ4n) is 2.28. The summed E-state index contributed by atoms with van der Waals surface area (Å²) in [5, 5.41) is 5.55. The molecular formula is C17H18BrN3O. The molecule has 114 valence electrons. The van der Waals surface area contributed by atoms with Crippen molar-refractivity contribution >= 4 is 27.0 Å². The van der Waals surface area contributed by atoms with Crippen LogP contribution in [0.15, 0.2) is 47.1 Å². The zero-order chi connectivity index (χ0) is 15.4. The topological polar surface area (TPSA) is 39.9 Å². The van der Waals surface area contributed by atoms with Crippen molar-refractivity contribution in [3.05, 3.63) is 52.6 Å². The number of benzene rings is 1. The van der Waals surface area contributed by atoms with E-state index < -0.39 is 0 Å². The summed E-state index contributed by atoms with van der Waals surface area (Å²) in [6, 6.07) is 12.0. The summed E-state index contributed by atoms with van der Waals surface area (Å²) in [5.41, 5.74) is 2.00. The maximum absolute atomic E-state index is 5.92. The lowest BCUT2D eigenvalue weighted by atomic mass is 10.2. The van der Waals surface area contributed by atoms with Gasteiger partial charge in [-0.25, -0.2) is 9.67 Å². The first-order valence-corrected chi connectivity index (χ1v) is 8.26. The normalized spacial score (nSPS) is 11.0. The van der Waals surface area contributed by atoms with Crippen LogP contribution in [0.5, 0.6) is 5.88 Å². The molecule has 0 aliphatic rings. The standard InChI is InChI=1S/C17H18BrN3O/c1-2-3-11-21-16-15(5-4-10-19-16)17(20-21)22-12-13-6-8-14(18)9-7-13/h4-10H,2-3,11-12H2,1H3. The van der Waals surface area contributed by atoms with Crippen molar-refractivity contribution in [1.82, 2.24) is 14.8 Å². The molecule has 0 atom stereocenters. The summed E-state index contributed by atoms with van der Waals surface area (Å²) in [5.74, 6) is 0.655. The molecule has 0 saturated heterocycles. The zero-order valence-corrected chi connectivity index (χ0v) is 14.1. The van der Waals surface area contributed by atoms with Crippen molar-refractivity contribution < 1.29 is 4.74 Å². The van der Waals surface area contributed by atoms with Crippen molar-refractivity contribution in [3.8, 4) is 5.88 Å². The molecule has 0 N–H and O–H groups in total. The quantitative estimate of drug-likeness (QED) is 0.646. The van der Waals surface area contributed by atoms with E-state index in [-0.39, 0.29) is 0 Å². The number of fused-ring (bicyclic) bond motifs is 1. The minimum absolute atomic E-state index is 0.502. The fourth-order valence-corrected chi connectivity index (χ4v) is 2.55. The number of nitrogens with zero attached hydrogens (tertiary/aromatic N) is 3. The van der Waals surface area contributed by atoms with Crippen molar-refractivity contribution in [3.63, 3.8) is 0 Å². The molecule has 0 fully saturated rings. The highest BCUT2D eigenvalue weighted by atomic mass is 79.9. The van der Waals surface area contributed by atoms with Crippen LogP contribution in [0.1, 0.15) is 25.3 Å². The zero-order valence-electron chi connectivity index (χ0n) is 12.5. The molecule has 0 unspecified atom stereocenters. The van der Waals surface area contributed by atoms with Gasteiger partial charge in [-0.15, -0.1) is 5.10 Å². The van der Waals surface area contributed by atoms with Gasteiger partial charge in [-0.2, -0.15) is 0 Å². The van der Waals surface area contributed by atoms with Crippen LogP contribution in [0.3, 0.4) is 0 Å². The van der Waals surface area contributed by atoms with Crippen LogP contribution in [-0.2, 0) is 13.2 Å². The molecule has 2 aromatic heterocycles. The number of halogens is 1. The molecule has 22 heavy (non-hydrogen) atoms. The number of unbranched alkanes of at least 4 members (excludes halogenated alkanes) is 1. The maximum Gasteiger partial charge on any atom is 0.242 e. The monoisotopic (exact) mass is 359 g/mol. The Morgan fingerprint density at radius 2 is 2.00 bits per heavy atom. The Balaban J connectivity index is 1.82. The summed E-state index contributed by atoms with van der Waals surface area (Å²) in [6.07, 6.45) is 4.01. The molecule has 0 amide bonds. The third kappa shape index (κ3) is 3.30. The molecule has 2 heterocycles. The van der Waals surface area contributed by atoms with Gasteiger partial charge in [0.1, 0.15) is 6.61 Å². The van der Waals surface area contributed by atoms with Crippen LogP contribution in [0.4, 0.5) is 0 Å². The van der Waals surface area contributed by atoms with Gasteiger partial charge in [-0.3, -0.25) is 0 Å². The van der Waals surface area contributed by atoms with E-state index in [0.717, 1.165) is 40.5 Å². The Labute approximate surface area is 138 Å². The molecule has 0 radical (unpaired) electrons. The predicted molar refractivity (Wildman–Crippen MR) is 90.9 cm³/mol. The van der Waals surface area contributed by atoms with Crippen molar-refractivity contribution in [2.45, 2.75) is 32.9 Å². The number of rotatable bonds is 6. The Morgan fingerprint density at radius 3 is 2.77 bits per heavy atom. The average molecular weight is 360 g/mol. The summed E-state index contributed by atoms with van der Waals surface area (Å²) in [4.78, 5) is 4.44. The number of aryl methyl sites for hydroxylation is 1. The maximum atomic E-state index is 5.92. The van der Waals surface area contributed by atoms with E-state index >= 15 is 0 Å². The number of hydrogen-bond acceptors (Lipinski definition) is 3. The highest BCUT2D eigenvalue weighted by molar-refractivity contribution is 9.10. The summed E-state index contributed by atoms with van der Waals surface area (Å²) >= 11 is 3.44. The Hall–Kier alpha value is -1.88. The number of hydrogen-bond donors (Lipinski definition) is 0. The van der Waals surface area contributed by atoms with Crippen LogP contribution < -0.4 is 4.74 Å². The lowest BCUT2D eigenvalue weighted by molar-refractivity contribution is 0.292. The predicted octanol–water partition coefficient (Wildman–Crippen LogP) is 4.57. The molecule has 3 rings (SSSR count). The van der Waals surface area contributed by atoms with Gasteiger partial charge in [-0.05, 0) is 36.2 Å². The van der Waals surface area contributed by atoms with Gasteiger partial charge in [-0.1, -0.05) is 41.4 Å². The Kier molecular flexibility index (Phi) is 4.73. The highest BCUT2D eigenvalue weighted by Crippen LogP contribution is 2.24. The third-order valence-corrected chi connectivity index (χ3v) is 4.01. The second-order valence-corrected chi connectivity index (χ2v) is 6.09. The van der Waals surface area contributed by atoms with Crippen LogP contribution in [0, 0.1) is 0 Å². The first-order valence-electron chi connectivity index (χ1n) is 7.46. The number of aromatic nitrogens is 3. The van der Waals surface area contributed by atoms with Gasteiger partial charge in [0.25, 0.3) is 0 Å². The van der Waals surface area contributed by atoms with Crippen molar-refractivity contribution in [1.29, 1.82) is 0 Å². The van der Waals surface area contributed by atoms with E-state index in [1.54, 1.807) is 6.20 Å². The number of ether oxygens (including phenoxy) is 1. The molecule has 0 aliphatic heterocycles. The summed E-state index contributed by atoms with van der Waals surface area (Å²) in [6.45, 7) is 3.54. The molecular weight excluding hydrogens is 342 g/mol. The van der Waals surface area contributed by atoms with Crippen LogP contribution in [0.25, 0.3) is 11.0 Å². The first kappa shape index (κ1) is 15.0. The highest BCUT2D eigenvalue weighted by Gasteiger charge is 2.12. The van der Waals surface area contributed by atoms with Gasteiger partial charge >= 0.3 is 0 Å². The summed E-state index contributed by atoms with van der Waals surface area (Å²) in [7, 11) is 0. The number of pyridine rings is 1. The van der Waals surface area contributed by atoms with Crippen LogP contribution >= 0.6 is 15.9 Å². The first-order chi connectivity index (χ1) is 10.8. The van der Waals surface area contributed by atoms with Gasteiger partial charge in [0.2, 0.25) is 5.88 Å². The SMILES string of the molecule is CCCCn1nc(OCc2ccc(Br)cc2)c2cccnc21. The van der Waals surface area contributed by atoms with Gasteiger partial charge in [0.15, 0.2) is 5.65 Å². The van der Waals surface area contributed by atoms with Crippen LogP contribution in [-0.4, -0.2) is 14.8 Å². The van der Waals surface area contributed by atoms with E-state index in [9.17, 15) is 0 Å². The largest absolute Gasteiger partial charge is 0.471 e. The molecule has 0 saturated carbocycles. The van der Waals surface area contributed by atoms with Gasteiger partial charge in [0, 0.05) is 17.2 Å². The second-order valence-electron chi connectivity index (χ2n) is 5.17. The Morgan fingerprint density at radius 1 is 1.18 bits per heavy atom. The molecule has 0 aliphatic carbocycles. The van der Waals surface area contributed by atoms with Crippen molar-refractivity contribution in [2.75, 3.05) is 0 Å². The van der Waals surface area contributed by atoms with Crippen molar-refractivity contribution in [2.24, 2.45) is 0 Å². The molecule has 0 bridgehead atoms. The minimum atomic E-state index is 0.502. The van der Waals surface area contributed by atoms with Gasteiger partial charge in [0.05, 0.1) is 5.39 Å². The van der Waals surface area contributed by atoms with E-state index in [0.29, 0.717) is 12.5 Å². The van der Waals surface area contributed by atoms with E-state index in [2.05, 4.69) is 32.9 Å². The molecule has 5 heteroatoms. The fraction of sp³-hybridized carbons (Fsp3) is 0.294. The van der Waals surface area contributed by atoms with E-state index in [4.69, 9.17) is 4.74 Å². The lowest BCUT2D eigenvalue weighted by Gasteiger charge is -2.03. The summed E-state index contributed by atoms with van der Waals surface area (Å²) < 4.78 is 8.92. The van der Waals surface area contributed by atoms with Gasteiger partial charge < -0.3 is 4.74 Å². The molecule has 3 aromatic rings. The Bertz CT molecular complexity index is 752. The van der Waals surface area contributed by atoms with E-state index in [1.807, 2.05) is 41.1 Å². The lowest BCUT2D eigenvalue weighted by Crippen LogP contribution is -2.01. The second kappa shape index (κ2) is 6.92. The van der Waals surface area contributed by atoms with E-state index in [1.165, 1.54) is 0 Å². The minimum Gasteiger partial charge on any atom is -0.471 e. The smallest absolute Gasteiger partial charge is 0.242 e. The average Bonchev–Trinajstić information content (AvgIpc) is 2.91. The molecule has 4 nitrogen and oxygen atoms in total. The van der Waals surface area contributed by atoms with Crippen LogP contribution in [0.2, 0.25) is 0 Å².